The van der Waals surface area contributed by atoms with Crippen LogP contribution in [0.3, 0.4) is 0 Å². The Morgan fingerprint density at radius 1 is 1.23 bits per heavy atom. The molecule has 0 spiro atoms. The normalized spacial score (nSPS) is 12.0. The summed E-state index contributed by atoms with van der Waals surface area (Å²) >= 11 is 0. The highest BCUT2D eigenvalue weighted by molar-refractivity contribution is 7.91. The molecular formula is C13H16F3NO4S. The highest BCUT2D eigenvalue weighted by Gasteiger charge is 2.32. The van der Waals surface area contributed by atoms with Gasteiger partial charge in [0.05, 0.1) is 17.8 Å². The number of halogens is 3. The molecule has 0 aliphatic rings. The van der Waals surface area contributed by atoms with Crippen LogP contribution >= 0.6 is 0 Å². The lowest BCUT2D eigenvalue weighted by Gasteiger charge is -2.24. The minimum atomic E-state index is -4.51. The van der Waals surface area contributed by atoms with Crippen molar-refractivity contribution in [3.05, 3.63) is 24.3 Å². The van der Waals surface area contributed by atoms with Crippen molar-refractivity contribution < 1.29 is 31.1 Å². The van der Waals surface area contributed by atoms with E-state index in [9.17, 15) is 26.4 Å². The van der Waals surface area contributed by atoms with Crippen molar-refractivity contribution in [2.24, 2.45) is 0 Å². The van der Waals surface area contributed by atoms with Gasteiger partial charge < -0.3 is 9.64 Å². The number of methoxy groups -OCH3 is 1. The van der Waals surface area contributed by atoms with E-state index < -0.39 is 35.1 Å². The molecule has 5 nitrogen and oxygen atoms in total. The molecule has 0 bridgehead atoms. The lowest BCUT2D eigenvalue weighted by molar-refractivity contribution is -0.140. The molecule has 0 radical (unpaired) electrons. The summed E-state index contributed by atoms with van der Waals surface area (Å²) in [7, 11) is -2.36. The number of sulfone groups is 1. The lowest BCUT2D eigenvalue weighted by atomic mass is 10.3. The number of anilines is 1. The minimum Gasteiger partial charge on any atom is -0.468 e. The number of rotatable bonds is 6. The summed E-state index contributed by atoms with van der Waals surface area (Å²) in [4.78, 5) is 12.0. The molecule has 0 aliphatic carbocycles. The molecular weight excluding hydrogens is 323 g/mol. The van der Waals surface area contributed by atoms with Gasteiger partial charge >= 0.3 is 12.1 Å². The first-order valence-electron chi connectivity index (χ1n) is 6.30. The molecule has 0 unspecified atom stereocenters. The largest absolute Gasteiger partial charge is 0.468 e. The van der Waals surface area contributed by atoms with Crippen molar-refractivity contribution in [2.75, 3.05) is 30.9 Å². The number of ether oxygens (including phenoxy) is 1. The number of hydrogen-bond acceptors (Lipinski definition) is 5. The molecule has 0 amide bonds. The molecule has 9 heteroatoms. The van der Waals surface area contributed by atoms with Crippen molar-refractivity contribution in [1.29, 1.82) is 0 Å². The Morgan fingerprint density at radius 3 is 2.18 bits per heavy atom. The fourth-order valence-corrected chi connectivity index (χ4v) is 2.59. The number of alkyl halides is 3. The van der Waals surface area contributed by atoms with Crippen LogP contribution in [0, 0.1) is 0 Å². The number of nitrogens with zero attached hydrogens (tertiary/aromatic N) is 1. The second-order valence-corrected chi connectivity index (χ2v) is 6.72. The van der Waals surface area contributed by atoms with E-state index in [1.54, 1.807) is 0 Å². The topological polar surface area (TPSA) is 63.7 Å². The Kier molecular flexibility index (Phi) is 5.81. The van der Waals surface area contributed by atoms with E-state index in [0.29, 0.717) is 0 Å². The van der Waals surface area contributed by atoms with Gasteiger partial charge in [0.2, 0.25) is 0 Å². The highest BCUT2D eigenvalue weighted by Crippen LogP contribution is 2.23. The second kappa shape index (κ2) is 6.99. The third-order valence-corrected chi connectivity index (χ3v) is 4.61. The van der Waals surface area contributed by atoms with Crippen LogP contribution in [0.25, 0.3) is 0 Å². The van der Waals surface area contributed by atoms with E-state index in [0.717, 1.165) is 12.0 Å². The fraction of sp³-hybridized carbons (Fsp3) is 0.462. The molecule has 0 N–H and O–H groups in total. The summed E-state index contributed by atoms with van der Waals surface area (Å²) in [6.07, 6.45) is -4.51. The van der Waals surface area contributed by atoms with Crippen molar-refractivity contribution in [3.8, 4) is 0 Å². The maximum Gasteiger partial charge on any atom is 0.405 e. The number of hydrogen-bond donors (Lipinski definition) is 0. The van der Waals surface area contributed by atoms with Crippen LogP contribution in [0.5, 0.6) is 0 Å². The minimum absolute atomic E-state index is 0.0174. The van der Waals surface area contributed by atoms with Crippen LogP contribution in [-0.2, 0) is 19.4 Å². The Hall–Kier alpha value is -1.77. The van der Waals surface area contributed by atoms with Gasteiger partial charge in [0.1, 0.15) is 13.1 Å². The molecule has 1 rings (SSSR count). The maximum atomic E-state index is 12.6. The van der Waals surface area contributed by atoms with Gasteiger partial charge in [-0.25, -0.2) is 8.42 Å². The van der Waals surface area contributed by atoms with E-state index >= 15 is 0 Å². The van der Waals surface area contributed by atoms with Gasteiger partial charge in [-0.3, -0.25) is 4.79 Å². The van der Waals surface area contributed by atoms with Gasteiger partial charge in [-0.15, -0.1) is 0 Å². The zero-order valence-corrected chi connectivity index (χ0v) is 12.9. The third-order valence-electron chi connectivity index (χ3n) is 2.86. The molecule has 0 heterocycles. The van der Waals surface area contributed by atoms with Gasteiger partial charge in [-0.2, -0.15) is 13.2 Å². The molecule has 0 atom stereocenters. The first-order chi connectivity index (χ1) is 10.1. The van der Waals surface area contributed by atoms with E-state index in [4.69, 9.17) is 0 Å². The summed E-state index contributed by atoms with van der Waals surface area (Å²) in [5, 5.41) is 0. The monoisotopic (exact) mass is 339 g/mol. The molecule has 0 saturated heterocycles. The summed E-state index contributed by atoms with van der Waals surface area (Å²) in [6.45, 7) is -0.464. The van der Waals surface area contributed by atoms with Gasteiger partial charge in [0, 0.05) is 5.69 Å². The van der Waals surface area contributed by atoms with Crippen LogP contribution in [-0.4, -0.2) is 46.5 Å². The standard InChI is InChI=1S/C13H16F3NO4S/c1-3-22(19,20)11-6-4-10(5-7-11)17(8-12(18)21-2)9-13(14,15)16/h4-7H,3,8-9H2,1-2H3. The van der Waals surface area contributed by atoms with Gasteiger partial charge in [-0.05, 0) is 24.3 Å². The van der Waals surface area contributed by atoms with Crippen LogP contribution in [0.1, 0.15) is 6.92 Å². The third kappa shape index (κ3) is 5.21. The van der Waals surface area contributed by atoms with Crippen molar-refractivity contribution in [1.82, 2.24) is 0 Å². The summed E-state index contributed by atoms with van der Waals surface area (Å²) in [5.74, 6) is -0.935. The first kappa shape index (κ1) is 18.3. The van der Waals surface area contributed by atoms with E-state index in [1.165, 1.54) is 31.2 Å². The van der Waals surface area contributed by atoms with Crippen LogP contribution in [0.15, 0.2) is 29.2 Å². The summed E-state index contributed by atoms with van der Waals surface area (Å²) in [6, 6.07) is 4.90. The Labute approximate surface area is 126 Å². The molecule has 22 heavy (non-hydrogen) atoms. The van der Waals surface area contributed by atoms with Gasteiger partial charge in [0.15, 0.2) is 9.84 Å². The molecule has 0 aromatic heterocycles. The number of carbonyl (C=O) groups excluding carboxylic acids is 1. The second-order valence-electron chi connectivity index (χ2n) is 4.44. The molecule has 0 fully saturated rings. The van der Waals surface area contributed by atoms with Gasteiger partial charge in [0.25, 0.3) is 0 Å². The molecule has 0 saturated carbocycles. The van der Waals surface area contributed by atoms with Crippen LogP contribution in [0.2, 0.25) is 0 Å². The molecule has 1 aromatic carbocycles. The lowest BCUT2D eigenvalue weighted by Crippen LogP contribution is -2.38. The van der Waals surface area contributed by atoms with E-state index in [1.807, 2.05) is 0 Å². The quantitative estimate of drug-likeness (QED) is 0.742. The molecule has 0 aliphatic heterocycles. The molecule has 124 valence electrons. The Morgan fingerprint density at radius 2 is 1.77 bits per heavy atom. The average molecular weight is 339 g/mol. The highest BCUT2D eigenvalue weighted by atomic mass is 32.2. The number of carbonyl (C=O) groups is 1. The Balaban J connectivity index is 3.07. The van der Waals surface area contributed by atoms with Crippen LogP contribution in [0.4, 0.5) is 18.9 Å². The Bertz CT molecular complexity index is 611. The SMILES string of the molecule is CCS(=O)(=O)c1ccc(N(CC(=O)OC)CC(F)(F)F)cc1. The van der Waals surface area contributed by atoms with Crippen molar-refractivity contribution in [3.63, 3.8) is 0 Å². The van der Waals surface area contributed by atoms with Gasteiger partial charge in [-0.1, -0.05) is 6.92 Å². The van der Waals surface area contributed by atoms with E-state index in [2.05, 4.69) is 4.74 Å². The summed E-state index contributed by atoms with van der Waals surface area (Å²) in [5.41, 5.74) is 0.0813. The number of esters is 1. The molecule has 1 aromatic rings. The van der Waals surface area contributed by atoms with Crippen molar-refractivity contribution in [2.45, 2.75) is 18.0 Å². The first-order valence-corrected chi connectivity index (χ1v) is 7.95. The predicted octanol–water partition coefficient (Wildman–Crippen LogP) is 2.02. The smallest absolute Gasteiger partial charge is 0.405 e. The van der Waals surface area contributed by atoms with Crippen molar-refractivity contribution >= 4 is 21.5 Å². The zero-order chi connectivity index (χ0) is 17.0. The van der Waals surface area contributed by atoms with E-state index in [-0.39, 0.29) is 16.3 Å². The fourth-order valence-electron chi connectivity index (χ4n) is 1.71. The average Bonchev–Trinajstić information content (AvgIpc) is 2.45. The number of benzene rings is 1. The zero-order valence-electron chi connectivity index (χ0n) is 12.1. The maximum absolute atomic E-state index is 12.6. The predicted molar refractivity (Wildman–Crippen MR) is 74.5 cm³/mol. The van der Waals surface area contributed by atoms with Crippen LogP contribution < -0.4 is 4.90 Å². The summed E-state index contributed by atoms with van der Waals surface area (Å²) < 4.78 is 65.4.